The van der Waals surface area contributed by atoms with Gasteiger partial charge in [-0.2, -0.15) is 13.2 Å². The molecule has 2 nitrogen and oxygen atoms in total. The lowest BCUT2D eigenvalue weighted by Gasteiger charge is -2.10. The number of rotatable bonds is 3. The van der Waals surface area contributed by atoms with Gasteiger partial charge in [-0.15, -0.1) is 0 Å². The molecule has 1 heterocycles. The molecule has 1 aromatic heterocycles. The van der Waals surface area contributed by atoms with Crippen LogP contribution in [0.25, 0.3) is 11.3 Å². The molecule has 106 valence electrons. The largest absolute Gasteiger partial charge is 0.494 e. The number of hydrogen-bond acceptors (Lipinski definition) is 2. The number of ether oxygens (including phenoxy) is 1. The Labute approximate surface area is 119 Å². The summed E-state index contributed by atoms with van der Waals surface area (Å²) in [5, 5.41) is 0. The Bertz CT molecular complexity index is 664. The first-order chi connectivity index (χ1) is 9.40. The number of aromatic nitrogens is 1. The van der Waals surface area contributed by atoms with Crippen molar-refractivity contribution in [3.8, 4) is 17.0 Å². The zero-order valence-electron chi connectivity index (χ0n) is 10.6. The van der Waals surface area contributed by atoms with Crippen LogP contribution in [0.5, 0.6) is 5.75 Å². The van der Waals surface area contributed by atoms with E-state index in [-0.39, 0.29) is 4.64 Å². The number of alkyl halides is 3. The van der Waals surface area contributed by atoms with Crippen molar-refractivity contribution in [2.24, 2.45) is 0 Å². The Kier molecular flexibility index (Phi) is 4.13. The minimum Gasteiger partial charge on any atom is -0.494 e. The Hall–Kier alpha value is -1.82. The van der Waals surface area contributed by atoms with E-state index >= 15 is 0 Å². The van der Waals surface area contributed by atoms with Gasteiger partial charge in [0.1, 0.15) is 10.4 Å². The summed E-state index contributed by atoms with van der Waals surface area (Å²) in [5.41, 5.74) is 0.137. The number of benzene rings is 1. The molecule has 1 aromatic carbocycles. The minimum absolute atomic E-state index is 0.0386. The van der Waals surface area contributed by atoms with Crippen LogP contribution < -0.4 is 4.74 Å². The highest BCUT2D eigenvalue weighted by molar-refractivity contribution is 7.71. The monoisotopic (exact) mass is 299 g/mol. The number of nitrogens with one attached hydrogen (secondary N) is 1. The van der Waals surface area contributed by atoms with Gasteiger partial charge in [0.25, 0.3) is 0 Å². The molecule has 0 saturated heterocycles. The first kappa shape index (κ1) is 14.6. The van der Waals surface area contributed by atoms with E-state index in [0.717, 1.165) is 12.1 Å². The van der Waals surface area contributed by atoms with E-state index in [2.05, 4.69) is 4.98 Å². The number of pyridine rings is 1. The lowest BCUT2D eigenvalue weighted by Crippen LogP contribution is -2.05. The smallest absolute Gasteiger partial charge is 0.416 e. The van der Waals surface area contributed by atoms with Crippen molar-refractivity contribution in [3.63, 3.8) is 0 Å². The van der Waals surface area contributed by atoms with Gasteiger partial charge < -0.3 is 9.72 Å². The molecule has 0 amide bonds. The molecule has 20 heavy (non-hydrogen) atoms. The van der Waals surface area contributed by atoms with E-state index < -0.39 is 11.7 Å². The third kappa shape index (κ3) is 3.39. The maximum atomic E-state index is 12.8. The first-order valence-corrected chi connectivity index (χ1v) is 6.36. The highest BCUT2D eigenvalue weighted by Crippen LogP contribution is 2.32. The molecule has 0 bridgehead atoms. The van der Waals surface area contributed by atoms with Crippen LogP contribution in [-0.2, 0) is 6.18 Å². The average molecular weight is 299 g/mol. The van der Waals surface area contributed by atoms with Gasteiger partial charge in [-0.05, 0) is 31.2 Å². The second-order valence-electron chi connectivity index (χ2n) is 4.11. The molecule has 2 rings (SSSR count). The minimum atomic E-state index is -4.42. The molecule has 2 aromatic rings. The van der Waals surface area contributed by atoms with Crippen molar-refractivity contribution in [1.82, 2.24) is 4.98 Å². The molecule has 0 aliphatic rings. The number of hydrogen-bond donors (Lipinski definition) is 1. The average Bonchev–Trinajstić information content (AvgIpc) is 2.38. The number of halogens is 3. The zero-order chi connectivity index (χ0) is 14.8. The summed E-state index contributed by atoms with van der Waals surface area (Å²) in [6.45, 7) is 2.33. The summed E-state index contributed by atoms with van der Waals surface area (Å²) < 4.78 is 43.7. The molecule has 6 heteroatoms. The third-order valence-corrected chi connectivity index (χ3v) is 2.85. The van der Waals surface area contributed by atoms with E-state index in [9.17, 15) is 13.2 Å². The van der Waals surface area contributed by atoms with Crippen molar-refractivity contribution in [2.75, 3.05) is 6.61 Å². The molecular weight excluding hydrogens is 287 g/mol. The van der Waals surface area contributed by atoms with Crippen molar-refractivity contribution in [3.05, 3.63) is 46.6 Å². The lowest BCUT2D eigenvalue weighted by molar-refractivity contribution is -0.137. The summed E-state index contributed by atoms with van der Waals surface area (Å²) in [5.74, 6) is 0.599. The van der Waals surface area contributed by atoms with Crippen LogP contribution in [0.3, 0.4) is 0 Å². The summed E-state index contributed by atoms with van der Waals surface area (Å²) >= 11 is 4.85. The van der Waals surface area contributed by atoms with Gasteiger partial charge >= 0.3 is 6.18 Å². The topological polar surface area (TPSA) is 25.0 Å². The summed E-state index contributed by atoms with van der Waals surface area (Å²) in [4.78, 5) is 2.76. The molecule has 0 atom stereocenters. The van der Waals surface area contributed by atoms with Crippen LogP contribution in [0.2, 0.25) is 0 Å². The molecule has 0 fully saturated rings. The maximum Gasteiger partial charge on any atom is 0.416 e. The Morgan fingerprint density at radius 2 is 1.95 bits per heavy atom. The van der Waals surface area contributed by atoms with Crippen LogP contribution in [0.1, 0.15) is 12.5 Å². The quantitative estimate of drug-likeness (QED) is 0.821. The van der Waals surface area contributed by atoms with Gasteiger partial charge in [0, 0.05) is 11.3 Å². The molecule has 0 spiro atoms. The van der Waals surface area contributed by atoms with Gasteiger partial charge in [0.2, 0.25) is 0 Å². The van der Waals surface area contributed by atoms with E-state index in [1.165, 1.54) is 0 Å². The molecule has 0 unspecified atom stereocenters. The summed E-state index contributed by atoms with van der Waals surface area (Å²) in [7, 11) is 0. The van der Waals surface area contributed by atoms with Gasteiger partial charge in [0.05, 0.1) is 12.2 Å². The fourth-order valence-electron chi connectivity index (χ4n) is 1.78. The Morgan fingerprint density at radius 1 is 1.20 bits per heavy atom. The molecule has 0 aliphatic carbocycles. The number of H-pyrrole nitrogens is 1. The predicted molar refractivity (Wildman–Crippen MR) is 73.2 cm³/mol. The lowest BCUT2D eigenvalue weighted by atomic mass is 10.1. The van der Waals surface area contributed by atoms with Crippen molar-refractivity contribution in [2.45, 2.75) is 13.1 Å². The first-order valence-electron chi connectivity index (χ1n) is 5.95. The van der Waals surface area contributed by atoms with Crippen LogP contribution in [0.15, 0.2) is 36.4 Å². The molecule has 0 saturated carbocycles. The zero-order valence-corrected chi connectivity index (χ0v) is 11.4. The highest BCUT2D eigenvalue weighted by atomic mass is 32.1. The van der Waals surface area contributed by atoms with E-state index in [1.807, 2.05) is 6.92 Å². The van der Waals surface area contributed by atoms with Crippen molar-refractivity contribution < 1.29 is 17.9 Å². The van der Waals surface area contributed by atoms with Crippen molar-refractivity contribution >= 4 is 12.2 Å². The van der Waals surface area contributed by atoms with Gasteiger partial charge in [-0.1, -0.05) is 24.4 Å². The molecule has 0 aliphatic heterocycles. The maximum absolute atomic E-state index is 12.8. The normalized spacial score (nSPS) is 11.4. The molecule has 0 radical (unpaired) electrons. The van der Waals surface area contributed by atoms with E-state index in [1.54, 1.807) is 24.3 Å². The Balaban J connectivity index is 2.50. The van der Waals surface area contributed by atoms with E-state index in [4.69, 9.17) is 17.0 Å². The predicted octanol–water partition coefficient (Wildman–Crippen LogP) is 4.83. The Morgan fingerprint density at radius 3 is 2.60 bits per heavy atom. The van der Waals surface area contributed by atoms with Gasteiger partial charge in [-0.25, -0.2) is 0 Å². The summed E-state index contributed by atoms with van der Waals surface area (Å²) in [6, 6.07) is 8.78. The van der Waals surface area contributed by atoms with Gasteiger partial charge in [0.15, 0.2) is 0 Å². The van der Waals surface area contributed by atoms with Crippen LogP contribution >= 0.6 is 12.2 Å². The highest BCUT2D eigenvalue weighted by Gasteiger charge is 2.31. The molecular formula is C14H12F3NOS. The molecule has 1 N–H and O–H groups in total. The van der Waals surface area contributed by atoms with Crippen molar-refractivity contribution in [1.29, 1.82) is 0 Å². The standard InChI is InChI=1S/C14H12F3NOS/c1-2-19-11-5-3-4-9(6-11)12-7-10(14(15,16)17)8-13(20)18-12/h3-8H,2H2,1H3,(H,18,20). The SMILES string of the molecule is CCOc1cccc(-c2cc(C(F)(F)F)cc(=S)[nH]2)c1. The van der Waals surface area contributed by atoms with Crippen LogP contribution in [0, 0.1) is 4.64 Å². The van der Waals surface area contributed by atoms with Crippen LogP contribution in [0.4, 0.5) is 13.2 Å². The second kappa shape index (κ2) is 5.66. The fourth-order valence-corrected chi connectivity index (χ4v) is 2.02. The number of aromatic amines is 1. The van der Waals surface area contributed by atoms with Gasteiger partial charge in [-0.3, -0.25) is 0 Å². The van der Waals surface area contributed by atoms with E-state index in [0.29, 0.717) is 23.6 Å². The third-order valence-electron chi connectivity index (χ3n) is 2.63. The summed E-state index contributed by atoms with van der Waals surface area (Å²) in [6.07, 6.45) is -4.42. The van der Waals surface area contributed by atoms with Crippen LogP contribution in [-0.4, -0.2) is 11.6 Å². The fraction of sp³-hybridized carbons (Fsp3) is 0.214. The second-order valence-corrected chi connectivity index (χ2v) is 4.55.